The Bertz CT molecular complexity index is 960. The minimum atomic E-state index is -0.0756. The largest absolute Gasteiger partial charge is 0.497 e. The van der Waals surface area contributed by atoms with E-state index in [4.69, 9.17) is 9.47 Å². The molecular weight excluding hydrogens is 366 g/mol. The van der Waals surface area contributed by atoms with Crippen molar-refractivity contribution in [2.75, 3.05) is 7.11 Å². The first-order chi connectivity index (χ1) is 14.1. The lowest BCUT2D eigenvalue weighted by molar-refractivity contribution is 0.0931. The molecule has 3 aromatic rings. The Labute approximate surface area is 170 Å². The molecule has 1 unspecified atom stereocenters. The molecule has 1 aromatic heterocycles. The number of rotatable bonds is 8. The van der Waals surface area contributed by atoms with Crippen LogP contribution in [0.25, 0.3) is 0 Å². The van der Waals surface area contributed by atoms with Crippen molar-refractivity contribution in [1.82, 2.24) is 14.9 Å². The predicted octanol–water partition coefficient (Wildman–Crippen LogP) is 3.89. The maximum Gasteiger partial charge on any atom is 0.251 e. The van der Waals surface area contributed by atoms with Crippen LogP contribution in [0, 0.1) is 5.92 Å². The molecule has 0 aliphatic heterocycles. The molecule has 1 heterocycles. The SMILES string of the molecule is COc1ccc(C(NC(=O)c2ccc(OCc3nccn3C)cc2)C2CC2)cc1. The molecular formula is C23H25N3O3. The third-order valence-corrected chi connectivity index (χ3v) is 5.26. The Balaban J connectivity index is 1.39. The van der Waals surface area contributed by atoms with Crippen LogP contribution in [0.4, 0.5) is 0 Å². The third-order valence-electron chi connectivity index (χ3n) is 5.26. The number of nitrogens with zero attached hydrogens (tertiary/aromatic N) is 2. The van der Waals surface area contributed by atoms with E-state index in [0.717, 1.165) is 30.0 Å². The molecule has 1 fully saturated rings. The van der Waals surface area contributed by atoms with E-state index < -0.39 is 0 Å². The van der Waals surface area contributed by atoms with Gasteiger partial charge in [-0.15, -0.1) is 0 Å². The Morgan fingerprint density at radius 2 is 1.83 bits per heavy atom. The van der Waals surface area contributed by atoms with E-state index in [1.807, 2.05) is 54.2 Å². The van der Waals surface area contributed by atoms with Gasteiger partial charge in [0.05, 0.1) is 13.2 Å². The zero-order valence-electron chi connectivity index (χ0n) is 16.7. The van der Waals surface area contributed by atoms with Gasteiger partial charge in [0.2, 0.25) is 0 Å². The van der Waals surface area contributed by atoms with Gasteiger partial charge in [0, 0.05) is 25.0 Å². The van der Waals surface area contributed by atoms with Crippen LogP contribution in [0.1, 0.15) is 40.6 Å². The molecule has 6 nitrogen and oxygen atoms in total. The molecule has 1 saturated carbocycles. The maximum atomic E-state index is 12.8. The van der Waals surface area contributed by atoms with E-state index in [0.29, 0.717) is 23.8 Å². The second kappa shape index (κ2) is 8.39. The number of hydrogen-bond donors (Lipinski definition) is 1. The van der Waals surface area contributed by atoms with Gasteiger partial charge in [0.1, 0.15) is 23.9 Å². The number of aromatic nitrogens is 2. The summed E-state index contributed by atoms with van der Waals surface area (Å²) in [5, 5.41) is 3.20. The standard InChI is InChI=1S/C23H25N3O3/c1-26-14-13-24-21(26)15-29-20-11-7-18(8-12-20)23(27)25-22(16-3-4-16)17-5-9-19(28-2)10-6-17/h5-14,16,22H,3-4,15H2,1-2H3,(H,25,27). The van der Waals surface area contributed by atoms with Crippen LogP contribution in [0.15, 0.2) is 60.9 Å². The monoisotopic (exact) mass is 391 g/mol. The average Bonchev–Trinajstić information content (AvgIpc) is 3.52. The number of carbonyl (C=O) groups excluding carboxylic acids is 1. The number of imidazole rings is 1. The van der Waals surface area contributed by atoms with E-state index in [-0.39, 0.29) is 11.9 Å². The molecule has 1 aliphatic rings. The van der Waals surface area contributed by atoms with Gasteiger partial charge < -0.3 is 19.4 Å². The molecule has 0 radical (unpaired) electrons. The average molecular weight is 391 g/mol. The van der Waals surface area contributed by atoms with Crippen molar-refractivity contribution >= 4 is 5.91 Å². The number of methoxy groups -OCH3 is 1. The van der Waals surface area contributed by atoms with Crippen LogP contribution < -0.4 is 14.8 Å². The zero-order chi connectivity index (χ0) is 20.2. The van der Waals surface area contributed by atoms with E-state index in [1.165, 1.54) is 0 Å². The van der Waals surface area contributed by atoms with Gasteiger partial charge in [-0.1, -0.05) is 12.1 Å². The van der Waals surface area contributed by atoms with Crippen molar-refractivity contribution < 1.29 is 14.3 Å². The van der Waals surface area contributed by atoms with E-state index in [2.05, 4.69) is 10.3 Å². The molecule has 1 atom stereocenters. The zero-order valence-corrected chi connectivity index (χ0v) is 16.7. The van der Waals surface area contributed by atoms with Crippen molar-refractivity contribution in [3.8, 4) is 11.5 Å². The van der Waals surface area contributed by atoms with E-state index in [9.17, 15) is 4.79 Å². The molecule has 2 aromatic carbocycles. The molecule has 0 spiro atoms. The summed E-state index contributed by atoms with van der Waals surface area (Å²) < 4.78 is 12.9. The van der Waals surface area contributed by atoms with Gasteiger partial charge in [-0.3, -0.25) is 4.79 Å². The summed E-state index contributed by atoms with van der Waals surface area (Å²) in [6, 6.07) is 15.2. The fourth-order valence-corrected chi connectivity index (χ4v) is 3.32. The highest BCUT2D eigenvalue weighted by atomic mass is 16.5. The fraction of sp³-hybridized carbons (Fsp3) is 0.304. The summed E-state index contributed by atoms with van der Waals surface area (Å²) in [5.74, 6) is 2.79. The summed E-state index contributed by atoms with van der Waals surface area (Å²) in [4.78, 5) is 17.0. The first-order valence-corrected chi connectivity index (χ1v) is 9.78. The molecule has 6 heteroatoms. The predicted molar refractivity (Wildman–Crippen MR) is 110 cm³/mol. The van der Waals surface area contributed by atoms with Crippen molar-refractivity contribution in [1.29, 1.82) is 0 Å². The highest BCUT2D eigenvalue weighted by Gasteiger charge is 2.33. The molecule has 29 heavy (non-hydrogen) atoms. The first-order valence-electron chi connectivity index (χ1n) is 9.78. The summed E-state index contributed by atoms with van der Waals surface area (Å²) in [6.07, 6.45) is 5.89. The number of benzene rings is 2. The van der Waals surface area contributed by atoms with Gasteiger partial charge in [0.15, 0.2) is 0 Å². The summed E-state index contributed by atoms with van der Waals surface area (Å²) >= 11 is 0. The van der Waals surface area contributed by atoms with Crippen LogP contribution in [0.3, 0.4) is 0 Å². The van der Waals surface area contributed by atoms with E-state index in [1.54, 1.807) is 25.4 Å². The molecule has 150 valence electrons. The number of ether oxygens (including phenoxy) is 2. The van der Waals surface area contributed by atoms with Gasteiger partial charge in [0.25, 0.3) is 5.91 Å². The number of hydrogen-bond acceptors (Lipinski definition) is 4. The van der Waals surface area contributed by atoms with Crippen LogP contribution in [0.5, 0.6) is 11.5 Å². The number of carbonyl (C=O) groups is 1. The Hall–Kier alpha value is -3.28. The van der Waals surface area contributed by atoms with Crippen LogP contribution in [0.2, 0.25) is 0 Å². The maximum absolute atomic E-state index is 12.8. The normalized spacial score (nSPS) is 14.3. The number of aryl methyl sites for hydroxylation is 1. The minimum absolute atomic E-state index is 0.0211. The quantitative estimate of drug-likeness (QED) is 0.633. The second-order valence-electron chi connectivity index (χ2n) is 7.33. The summed E-state index contributed by atoms with van der Waals surface area (Å²) in [5.41, 5.74) is 1.73. The Kier molecular flexibility index (Phi) is 5.51. The highest BCUT2D eigenvalue weighted by Crippen LogP contribution is 2.41. The molecule has 1 N–H and O–H groups in total. The molecule has 0 bridgehead atoms. The molecule has 4 rings (SSSR count). The van der Waals surface area contributed by atoms with Gasteiger partial charge in [-0.05, 0) is 60.7 Å². The Morgan fingerprint density at radius 1 is 1.14 bits per heavy atom. The molecule has 0 saturated heterocycles. The first kappa shape index (κ1) is 19.1. The smallest absolute Gasteiger partial charge is 0.251 e. The Morgan fingerprint density at radius 3 is 2.41 bits per heavy atom. The van der Waals surface area contributed by atoms with Crippen molar-refractivity contribution in [3.05, 3.63) is 77.9 Å². The fourth-order valence-electron chi connectivity index (χ4n) is 3.32. The lowest BCUT2D eigenvalue weighted by Crippen LogP contribution is -2.29. The number of nitrogens with one attached hydrogen (secondary N) is 1. The molecule has 1 aliphatic carbocycles. The summed E-state index contributed by atoms with van der Waals surface area (Å²) in [7, 11) is 3.58. The second-order valence-corrected chi connectivity index (χ2v) is 7.33. The lowest BCUT2D eigenvalue weighted by atomic mass is 10.0. The topological polar surface area (TPSA) is 65.4 Å². The summed E-state index contributed by atoms with van der Waals surface area (Å²) in [6.45, 7) is 0.385. The van der Waals surface area contributed by atoms with Crippen molar-refractivity contribution in [2.24, 2.45) is 13.0 Å². The van der Waals surface area contributed by atoms with Gasteiger partial charge in [-0.2, -0.15) is 0 Å². The van der Waals surface area contributed by atoms with Crippen molar-refractivity contribution in [2.45, 2.75) is 25.5 Å². The third kappa shape index (κ3) is 4.59. The van der Waals surface area contributed by atoms with Crippen LogP contribution in [-0.2, 0) is 13.7 Å². The van der Waals surface area contributed by atoms with Gasteiger partial charge in [-0.25, -0.2) is 4.98 Å². The lowest BCUT2D eigenvalue weighted by Gasteiger charge is -2.19. The van der Waals surface area contributed by atoms with Crippen LogP contribution in [-0.4, -0.2) is 22.6 Å². The molecule has 1 amide bonds. The number of amides is 1. The van der Waals surface area contributed by atoms with Gasteiger partial charge >= 0.3 is 0 Å². The van der Waals surface area contributed by atoms with Crippen LogP contribution >= 0.6 is 0 Å². The minimum Gasteiger partial charge on any atom is -0.497 e. The van der Waals surface area contributed by atoms with Crippen molar-refractivity contribution in [3.63, 3.8) is 0 Å². The van der Waals surface area contributed by atoms with E-state index >= 15 is 0 Å². The highest BCUT2D eigenvalue weighted by molar-refractivity contribution is 5.94.